The molecule has 4 aliphatic heterocycles. The summed E-state index contributed by atoms with van der Waals surface area (Å²) >= 11 is 5.02. The zero-order valence-electron chi connectivity index (χ0n) is 44.8. The van der Waals surface area contributed by atoms with Gasteiger partial charge in [0.05, 0.1) is 60.3 Å². The minimum Gasteiger partial charge on any atom is -0.455 e. The topological polar surface area (TPSA) is 316 Å². The van der Waals surface area contributed by atoms with Crippen LogP contribution in [0.2, 0.25) is 0 Å². The predicted molar refractivity (Wildman–Crippen MR) is 293 cm³/mol. The van der Waals surface area contributed by atoms with Crippen molar-refractivity contribution in [2.75, 3.05) is 6.61 Å². The minimum atomic E-state index is -1.24. The van der Waals surface area contributed by atoms with Crippen LogP contribution in [0.1, 0.15) is 112 Å². The molecular formula is C57H72N6O16S. The zero-order valence-corrected chi connectivity index (χ0v) is 45.6. The van der Waals surface area contributed by atoms with Gasteiger partial charge in [-0.05, 0) is 55.7 Å². The first-order valence-corrected chi connectivity index (χ1v) is 26.4. The minimum absolute atomic E-state index is 0. The van der Waals surface area contributed by atoms with Crippen molar-refractivity contribution in [2.45, 2.75) is 155 Å². The van der Waals surface area contributed by atoms with E-state index in [1.807, 2.05) is 59.7 Å². The summed E-state index contributed by atoms with van der Waals surface area (Å²) in [5.41, 5.74) is 7.11. The van der Waals surface area contributed by atoms with E-state index in [2.05, 4.69) is 21.0 Å². The quantitative estimate of drug-likeness (QED) is 0.0530. The number of nitrogens with zero attached hydrogens (tertiary/aromatic N) is 4. The van der Waals surface area contributed by atoms with Crippen molar-refractivity contribution >= 4 is 52.2 Å². The van der Waals surface area contributed by atoms with Gasteiger partial charge in [-0.2, -0.15) is 5.26 Å². The molecule has 0 unspecified atom stereocenters. The number of nitrogens with two attached hydrogens (primary N) is 1. The molecule has 0 amide bonds. The first-order valence-electron chi connectivity index (χ1n) is 26.0. The number of fused-ring (bicyclic) bond motifs is 1. The largest absolute Gasteiger partial charge is 0.455 e. The molecular weight excluding hydrogens is 1060 g/mol. The highest BCUT2D eigenvalue weighted by molar-refractivity contribution is 7.80. The van der Waals surface area contributed by atoms with E-state index < -0.39 is 91.4 Å². The molecule has 0 radical (unpaired) electrons. The number of carbonyl (C=O) groups excluding carboxylic acids is 4. The van der Waals surface area contributed by atoms with E-state index >= 15 is 0 Å². The van der Waals surface area contributed by atoms with Gasteiger partial charge in [0.1, 0.15) is 41.6 Å². The van der Waals surface area contributed by atoms with Gasteiger partial charge in [-0.15, -0.1) is 0 Å². The Bertz CT molecular complexity index is 2910. The Hall–Kier alpha value is -7.01. The van der Waals surface area contributed by atoms with Gasteiger partial charge in [-0.25, -0.2) is 24.4 Å². The van der Waals surface area contributed by atoms with Crippen LogP contribution in [0.25, 0.3) is 11.2 Å². The van der Waals surface area contributed by atoms with Crippen molar-refractivity contribution in [3.05, 3.63) is 131 Å². The summed E-state index contributed by atoms with van der Waals surface area (Å²) in [6.45, 7) is 12.8. The molecule has 432 valence electrons. The van der Waals surface area contributed by atoms with Crippen molar-refractivity contribution in [3.8, 4) is 6.07 Å². The summed E-state index contributed by atoms with van der Waals surface area (Å²) in [6.07, 6.45) is -3.03. The number of nitrogens with one attached hydrogen (secondary N) is 1. The number of aliphatic hydroxyl groups excluding tert-OH is 3. The van der Waals surface area contributed by atoms with Crippen LogP contribution in [0.4, 0.5) is 0 Å². The Balaban J connectivity index is 0.000000195. The number of aromatic amines is 1. The molecule has 80 heavy (non-hydrogen) atoms. The van der Waals surface area contributed by atoms with E-state index in [0.717, 1.165) is 19.3 Å². The number of H-pyrrole nitrogens is 1. The lowest BCUT2D eigenvalue weighted by Crippen LogP contribution is -2.39. The molecule has 4 saturated heterocycles. The Morgan fingerprint density at radius 2 is 1.15 bits per heavy atom. The molecule has 0 bridgehead atoms. The monoisotopic (exact) mass is 1130 g/mol. The fraction of sp³-hybridized carbons (Fsp3) is 0.491. The Labute approximate surface area is 469 Å². The van der Waals surface area contributed by atoms with E-state index in [0.29, 0.717) is 16.7 Å². The van der Waals surface area contributed by atoms with E-state index in [1.54, 1.807) is 72.8 Å². The predicted octanol–water partition coefficient (Wildman–Crippen LogP) is 5.77. The fourth-order valence-electron chi connectivity index (χ4n) is 9.54. The highest BCUT2D eigenvalue weighted by Crippen LogP contribution is 2.35. The summed E-state index contributed by atoms with van der Waals surface area (Å²) in [7, 11) is 0. The van der Waals surface area contributed by atoms with Crippen LogP contribution < -0.4 is 11.3 Å². The maximum atomic E-state index is 12.2. The van der Waals surface area contributed by atoms with E-state index in [9.17, 15) is 34.2 Å². The Morgan fingerprint density at radius 1 is 0.688 bits per heavy atom. The van der Waals surface area contributed by atoms with Gasteiger partial charge in [0, 0.05) is 24.7 Å². The third-order valence-electron chi connectivity index (χ3n) is 13.9. The lowest BCUT2D eigenvalue weighted by Gasteiger charge is -2.21. The second-order valence-electron chi connectivity index (χ2n) is 19.2. The van der Waals surface area contributed by atoms with Crippen molar-refractivity contribution in [1.29, 1.82) is 5.26 Å². The van der Waals surface area contributed by atoms with Gasteiger partial charge in [0.15, 0.2) is 29.6 Å². The summed E-state index contributed by atoms with van der Waals surface area (Å²) in [4.78, 5) is 69.5. The number of carbonyl (C=O) groups is 4. The standard InChI is InChI=1S/C16H20O5.C15H19NO3S.C15H17NO3.C10H12N4O5.CH4/c1-4-13-10(2)14(16(20-13)19-11(3)17)21-15(18)12-8-6-5-7-9-12;1-3-11-9(2)12(13(18-11)14(16)20)19-15(17)10-7-5-4-6-8-10;1-3-12-10(2)14(13(9-16)18-12)19-15(17)11-7-5-4-6-8-11;15-1-4-6(16)7(17)10(19-4)14-3-13-5-8(14)11-2-12-9(5)18;/h5-10,13-14,16H,4H2,1-3H3;4-9,11-13H,3H2,1-2H3,(H2,16,20);4-8,10,12-14H,3H2,1-2H3;2-4,6-7,10,15-17H,1H2,(H,11,12,18);1H4/t10-,13-,14-,16-;9-,11-,12-,13-;10-,12-,13+,14-;4-,6-,7-,10-;/m1111./s1. The molecule has 2 aromatic heterocycles. The summed E-state index contributed by atoms with van der Waals surface area (Å²) in [6, 6.07) is 28.5. The van der Waals surface area contributed by atoms with Crippen LogP contribution in [0, 0.1) is 29.1 Å². The molecule has 6 N–H and O–H groups in total. The number of hydrogen-bond acceptors (Lipinski definition) is 20. The number of thiocarbonyl (C=S) groups is 1. The zero-order chi connectivity index (χ0) is 57.5. The number of aliphatic hydroxyl groups is 3. The number of ether oxygens (including phenoxy) is 8. The van der Waals surface area contributed by atoms with Gasteiger partial charge in [-0.3, -0.25) is 14.2 Å². The number of rotatable bonds is 13. The molecule has 4 aliphatic rings. The maximum absolute atomic E-state index is 12.2. The van der Waals surface area contributed by atoms with Crippen molar-refractivity contribution in [2.24, 2.45) is 23.5 Å². The average Bonchev–Trinajstić information content (AvgIpc) is 4.30. The first kappa shape index (κ1) is 63.8. The number of nitriles is 1. The van der Waals surface area contributed by atoms with Crippen LogP contribution in [0.15, 0.2) is 108 Å². The number of imidazole rings is 1. The first-order chi connectivity index (χ1) is 37.9. The van der Waals surface area contributed by atoms with Gasteiger partial charge in [-0.1, -0.05) is 116 Å². The van der Waals surface area contributed by atoms with Crippen molar-refractivity contribution < 1.29 is 72.4 Å². The molecule has 23 heteroatoms. The third kappa shape index (κ3) is 15.5. The lowest BCUT2D eigenvalue weighted by molar-refractivity contribution is -0.186. The van der Waals surface area contributed by atoms with E-state index in [-0.39, 0.29) is 65.6 Å². The smallest absolute Gasteiger partial charge is 0.338 e. The lowest BCUT2D eigenvalue weighted by atomic mass is 9.96. The highest BCUT2D eigenvalue weighted by atomic mass is 32.1. The van der Waals surface area contributed by atoms with Gasteiger partial charge in [0.25, 0.3) is 5.56 Å². The average molecular weight is 1130 g/mol. The van der Waals surface area contributed by atoms with E-state index in [1.165, 1.54) is 24.1 Å². The van der Waals surface area contributed by atoms with Gasteiger partial charge in [0.2, 0.25) is 6.29 Å². The van der Waals surface area contributed by atoms with Crippen molar-refractivity contribution in [3.63, 3.8) is 0 Å². The number of hydrogen-bond donors (Lipinski definition) is 5. The maximum Gasteiger partial charge on any atom is 0.338 e. The molecule has 3 aromatic carbocycles. The molecule has 0 aliphatic carbocycles. The van der Waals surface area contributed by atoms with Crippen LogP contribution in [0.5, 0.6) is 0 Å². The molecule has 9 rings (SSSR count). The number of benzene rings is 3. The number of aromatic nitrogens is 4. The fourth-order valence-corrected chi connectivity index (χ4v) is 9.73. The van der Waals surface area contributed by atoms with Gasteiger partial charge >= 0.3 is 23.9 Å². The SMILES string of the molecule is C.CC[C@H]1O[C@@H](C#N)[C@H](OC(=O)c2ccccc2)[C@@H]1C.CC[C@H]1O[C@@H](C(N)=S)[C@H](OC(=O)c2ccccc2)[C@@H]1C.CC[C@H]1O[C@@H](OC(C)=O)[C@H](OC(=O)c2ccccc2)[C@@H]1C.O=c1[nH]cnc2c1ncn2[C@@H]1O[C@H](CO)[C@@H](O)[C@H]1O. The molecule has 16 atom stereocenters. The molecule has 22 nitrogen and oxygen atoms in total. The second-order valence-corrected chi connectivity index (χ2v) is 19.6. The Kier molecular flexibility index (Phi) is 23.9. The summed E-state index contributed by atoms with van der Waals surface area (Å²) in [5.74, 6) is -1.61. The normalized spacial score (nSPS) is 29.1. The summed E-state index contributed by atoms with van der Waals surface area (Å²) < 4.78 is 45.4. The second kappa shape index (κ2) is 30.0. The molecule has 0 spiro atoms. The van der Waals surface area contributed by atoms with Crippen molar-refractivity contribution in [1.82, 2.24) is 19.5 Å². The van der Waals surface area contributed by atoms with Crippen LogP contribution in [0.3, 0.4) is 0 Å². The molecule has 5 aromatic rings. The molecule has 0 saturated carbocycles. The third-order valence-corrected chi connectivity index (χ3v) is 14.2. The van der Waals surface area contributed by atoms with Crippen LogP contribution >= 0.6 is 12.2 Å². The van der Waals surface area contributed by atoms with Crippen LogP contribution in [-0.2, 0) is 42.7 Å². The van der Waals surface area contributed by atoms with Crippen LogP contribution in [-0.4, -0.2) is 144 Å². The molecule has 6 heterocycles. The highest BCUT2D eigenvalue weighted by Gasteiger charge is 2.48. The van der Waals surface area contributed by atoms with E-state index in [4.69, 9.17) is 66.2 Å². The summed E-state index contributed by atoms with van der Waals surface area (Å²) in [5, 5.41) is 37.7. The Morgan fingerprint density at radius 3 is 1.61 bits per heavy atom. The molecule has 4 fully saturated rings. The number of esters is 4. The van der Waals surface area contributed by atoms with Gasteiger partial charge < -0.3 is 63.9 Å².